The summed E-state index contributed by atoms with van der Waals surface area (Å²) in [5.41, 5.74) is 1.27. The lowest BCUT2D eigenvalue weighted by atomic mass is 10.2. The van der Waals surface area contributed by atoms with E-state index in [0.717, 1.165) is 38.4 Å². The number of piperazine rings is 1. The van der Waals surface area contributed by atoms with E-state index in [-0.39, 0.29) is 4.90 Å². The molecule has 0 aromatic heterocycles. The molecule has 0 unspecified atom stereocenters. The van der Waals surface area contributed by atoms with Gasteiger partial charge in [-0.25, -0.2) is 8.42 Å². The smallest absolute Gasteiger partial charge is 0.240 e. The van der Waals surface area contributed by atoms with Crippen molar-refractivity contribution in [1.82, 2.24) is 4.90 Å². The number of nitrogens with zero attached hydrogens (tertiary/aromatic N) is 2. The number of carbonyl (C=O) groups is 1. The Morgan fingerprint density at radius 2 is 1.71 bits per heavy atom. The Balaban J connectivity index is 1.76. The number of anilines is 2. The van der Waals surface area contributed by atoms with Crippen LogP contribution in [0.25, 0.3) is 0 Å². The van der Waals surface area contributed by atoms with Gasteiger partial charge in [0.05, 0.1) is 21.3 Å². The molecule has 8 heteroatoms. The summed E-state index contributed by atoms with van der Waals surface area (Å²) >= 11 is 6.42. The largest absolute Gasteiger partial charge is 0.366 e. The maximum atomic E-state index is 12.5. The fourth-order valence-electron chi connectivity index (χ4n) is 3.30. The lowest BCUT2D eigenvalue weighted by Gasteiger charge is -2.36. The average molecular weight is 422 g/mol. The van der Waals surface area contributed by atoms with Gasteiger partial charge in [0, 0.05) is 26.2 Å². The number of sulfone groups is 1. The summed E-state index contributed by atoms with van der Waals surface area (Å²) in [5.74, 6) is -1.20. The second-order valence-electron chi connectivity index (χ2n) is 6.68. The molecule has 0 saturated carbocycles. The Morgan fingerprint density at radius 1 is 1.04 bits per heavy atom. The highest BCUT2D eigenvalue weighted by Gasteiger charge is 2.23. The zero-order valence-corrected chi connectivity index (χ0v) is 17.3. The predicted molar refractivity (Wildman–Crippen MR) is 113 cm³/mol. The van der Waals surface area contributed by atoms with Crippen molar-refractivity contribution < 1.29 is 13.2 Å². The Bertz CT molecular complexity index is 927. The van der Waals surface area contributed by atoms with Gasteiger partial charge in [0.15, 0.2) is 9.84 Å². The maximum absolute atomic E-state index is 12.5. The molecule has 2 aromatic carbocycles. The van der Waals surface area contributed by atoms with Crippen LogP contribution in [0, 0.1) is 0 Å². The molecule has 0 aliphatic carbocycles. The van der Waals surface area contributed by atoms with Gasteiger partial charge in [-0.3, -0.25) is 4.79 Å². The van der Waals surface area contributed by atoms with Crippen LogP contribution >= 0.6 is 11.6 Å². The second-order valence-corrected chi connectivity index (χ2v) is 9.07. The van der Waals surface area contributed by atoms with Crippen LogP contribution in [0.3, 0.4) is 0 Å². The summed E-state index contributed by atoms with van der Waals surface area (Å²) in [6.07, 6.45) is 0. The summed E-state index contributed by atoms with van der Waals surface area (Å²) in [6, 6.07) is 13.2. The number of nitrogens with one attached hydrogen (secondary N) is 1. The van der Waals surface area contributed by atoms with E-state index >= 15 is 0 Å². The molecule has 0 bridgehead atoms. The highest BCUT2D eigenvalue weighted by Crippen LogP contribution is 2.34. The van der Waals surface area contributed by atoms with E-state index in [2.05, 4.69) is 22.0 Å². The minimum atomic E-state index is -3.70. The van der Waals surface area contributed by atoms with E-state index < -0.39 is 21.5 Å². The quantitative estimate of drug-likeness (QED) is 0.776. The first-order chi connectivity index (χ1) is 13.4. The molecule has 1 aliphatic rings. The van der Waals surface area contributed by atoms with Gasteiger partial charge in [0.2, 0.25) is 5.91 Å². The Morgan fingerprint density at radius 3 is 2.36 bits per heavy atom. The third-order valence-corrected chi connectivity index (χ3v) is 6.76. The molecule has 28 heavy (non-hydrogen) atoms. The van der Waals surface area contributed by atoms with Crippen molar-refractivity contribution in [3.63, 3.8) is 0 Å². The molecule has 1 N–H and O–H groups in total. The standard InChI is InChI=1S/C20H24ClN3O3S/c1-2-23-11-13-24(14-12-23)20-17(21)9-6-10-18(20)22-19(25)15-28(26,27)16-7-4-3-5-8-16/h3-10H,2,11-15H2,1H3,(H,22,25). The number of carbonyl (C=O) groups excluding carboxylic acids is 1. The third kappa shape index (κ3) is 4.84. The van der Waals surface area contributed by atoms with Gasteiger partial charge in [-0.1, -0.05) is 42.8 Å². The summed E-state index contributed by atoms with van der Waals surface area (Å²) in [6.45, 7) is 6.54. The van der Waals surface area contributed by atoms with E-state index in [9.17, 15) is 13.2 Å². The SMILES string of the molecule is CCN1CCN(c2c(Cl)cccc2NC(=O)CS(=O)(=O)c2ccccc2)CC1. The monoisotopic (exact) mass is 421 g/mol. The Labute approximate surface area is 171 Å². The number of hydrogen-bond acceptors (Lipinski definition) is 5. The fraction of sp³-hybridized carbons (Fsp3) is 0.350. The van der Waals surface area contributed by atoms with Gasteiger partial charge >= 0.3 is 0 Å². The van der Waals surface area contributed by atoms with Crippen molar-refractivity contribution in [3.8, 4) is 0 Å². The molecule has 0 atom stereocenters. The van der Waals surface area contributed by atoms with E-state index in [0.29, 0.717) is 10.7 Å². The first-order valence-electron chi connectivity index (χ1n) is 9.24. The number of para-hydroxylation sites is 1. The lowest BCUT2D eigenvalue weighted by molar-refractivity contribution is -0.113. The molecular formula is C20H24ClN3O3S. The minimum absolute atomic E-state index is 0.132. The molecule has 1 amide bonds. The molecule has 0 spiro atoms. The van der Waals surface area contributed by atoms with Crippen LogP contribution in [0.1, 0.15) is 6.92 Å². The number of halogens is 1. The first kappa shape index (κ1) is 20.6. The van der Waals surface area contributed by atoms with Crippen molar-refractivity contribution in [2.75, 3.05) is 48.7 Å². The number of likely N-dealkylation sites (N-methyl/N-ethyl adjacent to an activating group) is 1. The fourth-order valence-corrected chi connectivity index (χ4v) is 4.75. The molecular weight excluding hydrogens is 398 g/mol. The minimum Gasteiger partial charge on any atom is -0.366 e. The Kier molecular flexibility index (Phi) is 6.59. The topological polar surface area (TPSA) is 69.7 Å². The molecule has 0 radical (unpaired) electrons. The van der Waals surface area contributed by atoms with Crippen molar-refractivity contribution in [1.29, 1.82) is 0 Å². The van der Waals surface area contributed by atoms with Crippen LogP contribution in [-0.4, -0.2) is 57.7 Å². The van der Waals surface area contributed by atoms with E-state index in [4.69, 9.17) is 11.6 Å². The van der Waals surface area contributed by atoms with Crippen LogP contribution < -0.4 is 10.2 Å². The highest BCUT2D eigenvalue weighted by molar-refractivity contribution is 7.92. The summed E-state index contributed by atoms with van der Waals surface area (Å²) in [7, 11) is -3.70. The van der Waals surface area contributed by atoms with Crippen molar-refractivity contribution in [2.24, 2.45) is 0 Å². The van der Waals surface area contributed by atoms with Crippen LogP contribution in [0.2, 0.25) is 5.02 Å². The van der Waals surface area contributed by atoms with Gasteiger partial charge in [0.25, 0.3) is 0 Å². The molecule has 3 rings (SSSR count). The molecule has 1 saturated heterocycles. The number of hydrogen-bond donors (Lipinski definition) is 1. The van der Waals surface area contributed by atoms with E-state index in [1.54, 1.807) is 36.4 Å². The van der Waals surface area contributed by atoms with Crippen LogP contribution in [-0.2, 0) is 14.6 Å². The third-order valence-electron chi connectivity index (χ3n) is 4.82. The van der Waals surface area contributed by atoms with Crippen molar-refractivity contribution >= 4 is 38.7 Å². The maximum Gasteiger partial charge on any atom is 0.240 e. The highest BCUT2D eigenvalue weighted by atomic mass is 35.5. The van der Waals surface area contributed by atoms with Gasteiger partial charge in [-0.2, -0.15) is 0 Å². The Hall–Kier alpha value is -2.09. The normalized spacial score (nSPS) is 15.4. The molecule has 2 aromatic rings. The van der Waals surface area contributed by atoms with Crippen molar-refractivity contribution in [2.45, 2.75) is 11.8 Å². The summed E-state index contributed by atoms with van der Waals surface area (Å²) in [4.78, 5) is 17.1. The summed E-state index contributed by atoms with van der Waals surface area (Å²) < 4.78 is 24.9. The van der Waals surface area contributed by atoms with E-state index in [1.807, 2.05) is 0 Å². The lowest BCUT2D eigenvalue weighted by Crippen LogP contribution is -2.46. The van der Waals surface area contributed by atoms with Gasteiger partial charge < -0.3 is 15.1 Å². The molecule has 1 fully saturated rings. The van der Waals surface area contributed by atoms with Crippen LogP contribution in [0.4, 0.5) is 11.4 Å². The van der Waals surface area contributed by atoms with Crippen molar-refractivity contribution in [3.05, 3.63) is 53.6 Å². The molecule has 6 nitrogen and oxygen atoms in total. The summed E-state index contributed by atoms with van der Waals surface area (Å²) in [5, 5.41) is 3.28. The van der Waals surface area contributed by atoms with Gasteiger partial charge in [-0.05, 0) is 30.8 Å². The first-order valence-corrected chi connectivity index (χ1v) is 11.3. The number of rotatable bonds is 6. The molecule has 150 valence electrons. The van der Waals surface area contributed by atoms with Gasteiger partial charge in [-0.15, -0.1) is 0 Å². The van der Waals surface area contributed by atoms with Gasteiger partial charge in [0.1, 0.15) is 5.75 Å². The average Bonchev–Trinajstić information content (AvgIpc) is 2.68. The van der Waals surface area contributed by atoms with E-state index in [1.165, 1.54) is 12.1 Å². The second kappa shape index (κ2) is 8.94. The molecule has 1 heterocycles. The zero-order valence-electron chi connectivity index (χ0n) is 15.8. The number of amides is 1. The zero-order chi connectivity index (χ0) is 20.1. The molecule has 1 aliphatic heterocycles. The van der Waals surface area contributed by atoms with Crippen LogP contribution in [0.15, 0.2) is 53.4 Å². The number of benzene rings is 2. The predicted octanol–water partition coefficient (Wildman–Crippen LogP) is 2.89. The van der Waals surface area contributed by atoms with Crippen LogP contribution in [0.5, 0.6) is 0 Å².